The van der Waals surface area contributed by atoms with Crippen LogP contribution in [-0.2, 0) is 6.54 Å². The molecule has 3 rings (SSSR count). The molecule has 0 aliphatic heterocycles. The van der Waals surface area contributed by atoms with Gasteiger partial charge in [-0.05, 0) is 29.7 Å². The summed E-state index contributed by atoms with van der Waals surface area (Å²) in [5.74, 6) is 0. The number of aromatic nitrogens is 2. The van der Waals surface area contributed by atoms with Crippen molar-refractivity contribution >= 4 is 0 Å². The summed E-state index contributed by atoms with van der Waals surface area (Å²) < 4.78 is 1.89. The average Bonchev–Trinajstić information content (AvgIpc) is 2.93. The Morgan fingerprint density at radius 1 is 0.952 bits per heavy atom. The van der Waals surface area contributed by atoms with Crippen molar-refractivity contribution in [2.24, 2.45) is 5.73 Å². The SMILES string of the molecule is Cc1ccn(CC(N)c2ccc(-c3ccccc3)cc2)n1. The molecule has 106 valence electrons. The first-order chi connectivity index (χ1) is 10.2. The molecule has 0 radical (unpaired) electrons. The molecule has 1 atom stereocenters. The predicted molar refractivity (Wildman–Crippen MR) is 85.8 cm³/mol. The molecule has 0 aliphatic rings. The highest BCUT2D eigenvalue weighted by molar-refractivity contribution is 5.63. The standard InChI is InChI=1S/C18H19N3/c1-14-11-12-21(20-14)13-18(19)17-9-7-16(8-10-17)15-5-3-2-4-6-15/h2-12,18H,13,19H2,1H3. The average molecular weight is 277 g/mol. The van der Waals surface area contributed by atoms with Crippen molar-refractivity contribution < 1.29 is 0 Å². The predicted octanol–water partition coefficient (Wildman–Crippen LogP) is 3.56. The van der Waals surface area contributed by atoms with Gasteiger partial charge in [0.2, 0.25) is 0 Å². The first-order valence-electron chi connectivity index (χ1n) is 7.13. The zero-order chi connectivity index (χ0) is 14.7. The van der Waals surface area contributed by atoms with E-state index in [2.05, 4.69) is 53.6 Å². The van der Waals surface area contributed by atoms with Gasteiger partial charge in [0.1, 0.15) is 0 Å². The molecule has 0 bridgehead atoms. The molecule has 3 nitrogen and oxygen atoms in total. The van der Waals surface area contributed by atoms with E-state index in [0.29, 0.717) is 6.54 Å². The maximum Gasteiger partial charge on any atom is 0.0602 e. The van der Waals surface area contributed by atoms with E-state index < -0.39 is 0 Å². The monoisotopic (exact) mass is 277 g/mol. The van der Waals surface area contributed by atoms with E-state index >= 15 is 0 Å². The van der Waals surface area contributed by atoms with E-state index in [0.717, 1.165) is 11.3 Å². The molecule has 0 aliphatic carbocycles. The van der Waals surface area contributed by atoms with Gasteiger partial charge in [0.15, 0.2) is 0 Å². The third-order valence-corrected chi connectivity index (χ3v) is 3.60. The highest BCUT2D eigenvalue weighted by Crippen LogP contribution is 2.21. The van der Waals surface area contributed by atoms with Crippen LogP contribution in [-0.4, -0.2) is 9.78 Å². The van der Waals surface area contributed by atoms with E-state index in [4.69, 9.17) is 5.73 Å². The maximum absolute atomic E-state index is 6.26. The molecule has 21 heavy (non-hydrogen) atoms. The van der Waals surface area contributed by atoms with Crippen molar-refractivity contribution in [3.05, 3.63) is 78.1 Å². The number of rotatable bonds is 4. The van der Waals surface area contributed by atoms with Crippen LogP contribution < -0.4 is 5.73 Å². The molecule has 3 aromatic rings. The first kappa shape index (κ1) is 13.6. The number of benzene rings is 2. The summed E-state index contributed by atoms with van der Waals surface area (Å²) in [5.41, 5.74) is 10.8. The summed E-state index contributed by atoms with van der Waals surface area (Å²) in [4.78, 5) is 0. The van der Waals surface area contributed by atoms with Crippen molar-refractivity contribution in [2.75, 3.05) is 0 Å². The van der Waals surface area contributed by atoms with E-state index in [-0.39, 0.29) is 6.04 Å². The lowest BCUT2D eigenvalue weighted by Crippen LogP contribution is -2.18. The van der Waals surface area contributed by atoms with Gasteiger partial charge in [0.05, 0.1) is 12.2 Å². The van der Waals surface area contributed by atoms with Gasteiger partial charge in [-0.2, -0.15) is 5.10 Å². The minimum Gasteiger partial charge on any atom is -0.322 e. The van der Waals surface area contributed by atoms with Gasteiger partial charge in [-0.15, -0.1) is 0 Å². The van der Waals surface area contributed by atoms with E-state index in [1.54, 1.807) is 0 Å². The van der Waals surface area contributed by atoms with E-state index in [1.165, 1.54) is 11.1 Å². The Labute approximate surface area is 125 Å². The molecule has 0 saturated carbocycles. The summed E-state index contributed by atoms with van der Waals surface area (Å²) in [5, 5.41) is 4.38. The molecule has 1 heterocycles. The van der Waals surface area contributed by atoms with E-state index in [9.17, 15) is 0 Å². The van der Waals surface area contributed by atoms with Crippen molar-refractivity contribution in [3.8, 4) is 11.1 Å². The molecular weight excluding hydrogens is 258 g/mol. The molecule has 3 heteroatoms. The molecule has 2 N–H and O–H groups in total. The lowest BCUT2D eigenvalue weighted by molar-refractivity contribution is 0.525. The van der Waals surface area contributed by atoms with Crippen LogP contribution in [0.25, 0.3) is 11.1 Å². The maximum atomic E-state index is 6.26. The molecule has 0 fully saturated rings. The van der Waals surface area contributed by atoms with Crippen LogP contribution >= 0.6 is 0 Å². The number of hydrogen-bond acceptors (Lipinski definition) is 2. The fourth-order valence-corrected chi connectivity index (χ4v) is 2.43. The van der Waals surface area contributed by atoms with Crippen LogP contribution in [0.2, 0.25) is 0 Å². The van der Waals surface area contributed by atoms with E-state index in [1.807, 2.05) is 29.9 Å². The van der Waals surface area contributed by atoms with Gasteiger partial charge < -0.3 is 5.73 Å². The molecule has 1 unspecified atom stereocenters. The topological polar surface area (TPSA) is 43.8 Å². The summed E-state index contributed by atoms with van der Waals surface area (Å²) in [7, 11) is 0. The molecule has 0 spiro atoms. The quantitative estimate of drug-likeness (QED) is 0.792. The molecule has 0 saturated heterocycles. The molecule has 2 aromatic carbocycles. The molecular formula is C18H19N3. The Hall–Kier alpha value is -2.39. The van der Waals surface area contributed by atoms with Gasteiger partial charge in [0, 0.05) is 12.2 Å². The first-order valence-corrected chi connectivity index (χ1v) is 7.13. The van der Waals surface area contributed by atoms with Crippen LogP contribution in [0, 0.1) is 6.92 Å². The highest BCUT2D eigenvalue weighted by atomic mass is 15.3. The molecule has 0 amide bonds. The minimum atomic E-state index is -0.0471. The van der Waals surface area contributed by atoms with Crippen molar-refractivity contribution in [1.29, 1.82) is 0 Å². The van der Waals surface area contributed by atoms with Crippen LogP contribution in [0.1, 0.15) is 17.3 Å². The van der Waals surface area contributed by atoms with Gasteiger partial charge >= 0.3 is 0 Å². The van der Waals surface area contributed by atoms with Gasteiger partial charge in [-0.1, -0.05) is 54.6 Å². The smallest absolute Gasteiger partial charge is 0.0602 e. The summed E-state index contributed by atoms with van der Waals surface area (Å²) >= 11 is 0. The van der Waals surface area contributed by atoms with Crippen molar-refractivity contribution in [2.45, 2.75) is 19.5 Å². The third kappa shape index (κ3) is 3.20. The normalized spacial score (nSPS) is 12.3. The largest absolute Gasteiger partial charge is 0.322 e. The lowest BCUT2D eigenvalue weighted by atomic mass is 10.0. The summed E-state index contributed by atoms with van der Waals surface area (Å²) in [6.07, 6.45) is 1.97. The number of aryl methyl sites for hydroxylation is 1. The summed E-state index contributed by atoms with van der Waals surface area (Å²) in [6.45, 7) is 2.68. The Kier molecular flexibility index (Phi) is 3.84. The van der Waals surface area contributed by atoms with Crippen LogP contribution in [0.4, 0.5) is 0 Å². The van der Waals surface area contributed by atoms with Gasteiger partial charge in [-0.25, -0.2) is 0 Å². The second-order valence-electron chi connectivity index (χ2n) is 5.27. The van der Waals surface area contributed by atoms with Gasteiger partial charge in [0.25, 0.3) is 0 Å². The van der Waals surface area contributed by atoms with Gasteiger partial charge in [-0.3, -0.25) is 4.68 Å². The van der Waals surface area contributed by atoms with Crippen LogP contribution in [0.15, 0.2) is 66.9 Å². The minimum absolute atomic E-state index is 0.0471. The zero-order valence-electron chi connectivity index (χ0n) is 12.1. The molecule has 1 aromatic heterocycles. The van der Waals surface area contributed by atoms with Crippen molar-refractivity contribution in [3.63, 3.8) is 0 Å². The Balaban J connectivity index is 1.74. The third-order valence-electron chi connectivity index (χ3n) is 3.60. The Bertz CT molecular complexity index is 699. The highest BCUT2D eigenvalue weighted by Gasteiger charge is 2.08. The zero-order valence-corrected chi connectivity index (χ0v) is 12.1. The Morgan fingerprint density at radius 3 is 2.24 bits per heavy atom. The second kappa shape index (κ2) is 5.94. The summed E-state index contributed by atoms with van der Waals surface area (Å²) in [6, 6.07) is 20.7. The number of nitrogens with zero attached hydrogens (tertiary/aromatic N) is 2. The van der Waals surface area contributed by atoms with Crippen molar-refractivity contribution in [1.82, 2.24) is 9.78 Å². The number of hydrogen-bond donors (Lipinski definition) is 1. The lowest BCUT2D eigenvalue weighted by Gasteiger charge is -2.13. The van der Waals surface area contributed by atoms with Crippen LogP contribution in [0.5, 0.6) is 0 Å². The number of nitrogens with two attached hydrogens (primary N) is 1. The fraction of sp³-hybridized carbons (Fsp3) is 0.167. The Morgan fingerprint density at radius 2 is 1.62 bits per heavy atom. The second-order valence-corrected chi connectivity index (χ2v) is 5.27. The van der Waals surface area contributed by atoms with Crippen LogP contribution in [0.3, 0.4) is 0 Å². The fourth-order valence-electron chi connectivity index (χ4n) is 2.43.